The van der Waals surface area contributed by atoms with Gasteiger partial charge in [0.2, 0.25) is 0 Å². The molecule has 1 N–H and O–H groups in total. The second-order valence-corrected chi connectivity index (χ2v) is 7.71. The number of rotatable bonds is 5. The predicted octanol–water partition coefficient (Wildman–Crippen LogP) is 2.92. The number of fused-ring (bicyclic) bond motifs is 2. The van der Waals surface area contributed by atoms with Crippen molar-refractivity contribution in [2.45, 2.75) is 39.3 Å². The minimum Gasteiger partial charge on any atom is -0.348 e. The molecular weight excluding hydrogens is 332 g/mol. The molecule has 0 saturated heterocycles. The van der Waals surface area contributed by atoms with Gasteiger partial charge in [-0.15, -0.1) is 0 Å². The summed E-state index contributed by atoms with van der Waals surface area (Å²) in [4.78, 5) is 15.2. The van der Waals surface area contributed by atoms with E-state index in [9.17, 15) is 0 Å². The van der Waals surface area contributed by atoms with E-state index in [0.717, 1.165) is 48.7 Å². The molecule has 1 aliphatic heterocycles. The fourth-order valence-corrected chi connectivity index (χ4v) is 4.25. The molecule has 0 amide bonds. The SMILES string of the molecule is CSCC[C@@H]1c2nc[nH]c2CCN1Cc1cnn2c(C)cc(C)nc12. The maximum atomic E-state index is 4.73. The van der Waals surface area contributed by atoms with Crippen LogP contribution in [0.4, 0.5) is 0 Å². The van der Waals surface area contributed by atoms with Gasteiger partial charge in [0.05, 0.1) is 24.3 Å². The lowest BCUT2D eigenvalue weighted by Gasteiger charge is -2.34. The number of aromatic amines is 1. The van der Waals surface area contributed by atoms with Crippen molar-refractivity contribution in [2.75, 3.05) is 18.6 Å². The van der Waals surface area contributed by atoms with Gasteiger partial charge in [-0.05, 0) is 38.3 Å². The van der Waals surface area contributed by atoms with E-state index in [2.05, 4.69) is 39.2 Å². The Morgan fingerprint density at radius 1 is 1.36 bits per heavy atom. The van der Waals surface area contributed by atoms with Crippen LogP contribution in [-0.4, -0.2) is 48.0 Å². The highest BCUT2D eigenvalue weighted by Crippen LogP contribution is 2.32. The van der Waals surface area contributed by atoms with Gasteiger partial charge in [-0.2, -0.15) is 16.9 Å². The molecule has 4 heterocycles. The van der Waals surface area contributed by atoms with Crippen LogP contribution in [0.3, 0.4) is 0 Å². The predicted molar refractivity (Wildman–Crippen MR) is 101 cm³/mol. The number of thioether (sulfide) groups is 1. The molecule has 0 saturated carbocycles. The highest BCUT2D eigenvalue weighted by Gasteiger charge is 2.30. The van der Waals surface area contributed by atoms with Crippen molar-refractivity contribution in [1.29, 1.82) is 0 Å². The van der Waals surface area contributed by atoms with E-state index in [-0.39, 0.29) is 0 Å². The number of imidazole rings is 1. The van der Waals surface area contributed by atoms with E-state index in [1.54, 1.807) is 0 Å². The lowest BCUT2D eigenvalue weighted by atomic mass is 10.00. The zero-order valence-corrected chi connectivity index (χ0v) is 15.8. The number of hydrogen-bond donors (Lipinski definition) is 1. The summed E-state index contributed by atoms with van der Waals surface area (Å²) in [6.45, 7) is 6.03. The van der Waals surface area contributed by atoms with Crippen molar-refractivity contribution in [3.63, 3.8) is 0 Å². The summed E-state index contributed by atoms with van der Waals surface area (Å²) in [6, 6.07) is 2.44. The van der Waals surface area contributed by atoms with Gasteiger partial charge in [-0.3, -0.25) is 4.90 Å². The minimum absolute atomic E-state index is 0.364. The molecule has 0 spiro atoms. The summed E-state index contributed by atoms with van der Waals surface area (Å²) < 4.78 is 1.95. The van der Waals surface area contributed by atoms with Crippen LogP contribution in [0.2, 0.25) is 0 Å². The molecular formula is C18H24N6S. The summed E-state index contributed by atoms with van der Waals surface area (Å²) in [5.74, 6) is 1.14. The Labute approximate surface area is 152 Å². The van der Waals surface area contributed by atoms with Gasteiger partial charge in [-0.1, -0.05) is 0 Å². The van der Waals surface area contributed by atoms with Crippen LogP contribution in [0.1, 0.15) is 40.8 Å². The van der Waals surface area contributed by atoms with Crippen molar-refractivity contribution in [2.24, 2.45) is 0 Å². The molecule has 0 aromatic carbocycles. The molecule has 0 unspecified atom stereocenters. The number of aryl methyl sites for hydroxylation is 2. The molecule has 7 heteroatoms. The zero-order valence-electron chi connectivity index (χ0n) is 15.0. The Morgan fingerprint density at radius 2 is 2.24 bits per heavy atom. The number of nitrogens with one attached hydrogen (secondary N) is 1. The minimum atomic E-state index is 0.364. The first-order chi connectivity index (χ1) is 12.2. The van der Waals surface area contributed by atoms with Gasteiger partial charge in [-0.25, -0.2) is 14.5 Å². The Bertz CT molecular complexity index is 883. The average Bonchev–Trinajstić information content (AvgIpc) is 3.21. The lowest BCUT2D eigenvalue weighted by Crippen LogP contribution is -2.35. The number of aromatic nitrogens is 5. The molecule has 0 bridgehead atoms. The third kappa shape index (κ3) is 3.06. The van der Waals surface area contributed by atoms with Crippen molar-refractivity contribution in [3.8, 4) is 0 Å². The van der Waals surface area contributed by atoms with E-state index < -0.39 is 0 Å². The maximum Gasteiger partial charge on any atom is 0.159 e. The number of H-pyrrole nitrogens is 1. The van der Waals surface area contributed by atoms with Crippen LogP contribution in [0, 0.1) is 13.8 Å². The van der Waals surface area contributed by atoms with E-state index in [1.807, 2.05) is 35.7 Å². The van der Waals surface area contributed by atoms with Gasteiger partial charge < -0.3 is 4.98 Å². The molecule has 0 radical (unpaired) electrons. The Kier molecular flexibility index (Phi) is 4.52. The van der Waals surface area contributed by atoms with Crippen LogP contribution in [0.5, 0.6) is 0 Å². The van der Waals surface area contributed by atoms with Crippen LogP contribution in [0.15, 0.2) is 18.6 Å². The molecule has 3 aromatic rings. The van der Waals surface area contributed by atoms with E-state index in [4.69, 9.17) is 4.98 Å². The fourth-order valence-electron chi connectivity index (χ4n) is 3.79. The van der Waals surface area contributed by atoms with Gasteiger partial charge >= 0.3 is 0 Å². The molecule has 1 atom stereocenters. The van der Waals surface area contributed by atoms with Gasteiger partial charge in [0.1, 0.15) is 0 Å². The summed E-state index contributed by atoms with van der Waals surface area (Å²) in [5, 5.41) is 4.55. The topological polar surface area (TPSA) is 62.1 Å². The average molecular weight is 356 g/mol. The first-order valence-electron chi connectivity index (χ1n) is 8.73. The molecule has 1 aliphatic rings. The highest BCUT2D eigenvalue weighted by molar-refractivity contribution is 7.98. The van der Waals surface area contributed by atoms with Gasteiger partial charge in [0.25, 0.3) is 0 Å². The number of nitrogens with zero attached hydrogens (tertiary/aromatic N) is 5. The third-order valence-corrected chi connectivity index (χ3v) is 5.62. The molecule has 3 aromatic heterocycles. The summed E-state index contributed by atoms with van der Waals surface area (Å²) in [7, 11) is 0. The first-order valence-corrected chi connectivity index (χ1v) is 10.1. The number of hydrogen-bond acceptors (Lipinski definition) is 5. The highest BCUT2D eigenvalue weighted by atomic mass is 32.2. The van der Waals surface area contributed by atoms with E-state index in [0.29, 0.717) is 6.04 Å². The monoisotopic (exact) mass is 356 g/mol. The van der Waals surface area contributed by atoms with Crippen LogP contribution in [-0.2, 0) is 13.0 Å². The third-order valence-electron chi connectivity index (χ3n) is 4.98. The quantitative estimate of drug-likeness (QED) is 0.762. The van der Waals surface area contributed by atoms with E-state index in [1.165, 1.54) is 17.0 Å². The smallest absolute Gasteiger partial charge is 0.159 e. The van der Waals surface area contributed by atoms with Gasteiger partial charge in [0.15, 0.2) is 5.65 Å². The molecule has 0 fully saturated rings. The van der Waals surface area contributed by atoms with Crippen molar-refractivity contribution < 1.29 is 0 Å². The summed E-state index contributed by atoms with van der Waals surface area (Å²) >= 11 is 1.90. The Morgan fingerprint density at radius 3 is 3.08 bits per heavy atom. The second-order valence-electron chi connectivity index (χ2n) is 6.73. The standard InChI is InChI=1S/C18H24N6S/c1-12-8-13(2)24-18(22-12)14(9-21-24)10-23-6-4-15-17(20-11-19-15)16(23)5-7-25-3/h8-9,11,16H,4-7,10H2,1-3H3,(H,19,20)/t16-/m1/s1. The molecule has 4 rings (SSSR count). The zero-order chi connectivity index (χ0) is 17.4. The lowest BCUT2D eigenvalue weighted by molar-refractivity contribution is 0.168. The fraction of sp³-hybridized carbons (Fsp3) is 0.500. The van der Waals surface area contributed by atoms with Crippen molar-refractivity contribution in [1.82, 2.24) is 29.5 Å². The van der Waals surface area contributed by atoms with Crippen LogP contribution < -0.4 is 0 Å². The van der Waals surface area contributed by atoms with Crippen LogP contribution in [0.25, 0.3) is 5.65 Å². The van der Waals surface area contributed by atoms with Crippen LogP contribution >= 0.6 is 11.8 Å². The summed E-state index contributed by atoms with van der Waals surface area (Å²) in [6.07, 6.45) is 8.11. The maximum absolute atomic E-state index is 4.73. The van der Waals surface area contributed by atoms with Crippen molar-refractivity contribution in [3.05, 3.63) is 46.9 Å². The second kappa shape index (κ2) is 6.80. The molecule has 0 aliphatic carbocycles. The molecule has 132 valence electrons. The first kappa shape index (κ1) is 16.6. The normalized spacial score (nSPS) is 18.0. The molecule has 6 nitrogen and oxygen atoms in total. The van der Waals surface area contributed by atoms with Crippen molar-refractivity contribution >= 4 is 17.4 Å². The van der Waals surface area contributed by atoms with E-state index >= 15 is 0 Å². The van der Waals surface area contributed by atoms with Gasteiger partial charge in [0, 0.05) is 42.2 Å². The Balaban J connectivity index is 1.65. The molecule has 25 heavy (non-hydrogen) atoms. The Hall–Kier alpha value is -1.86. The summed E-state index contributed by atoms with van der Waals surface area (Å²) in [5.41, 5.74) is 6.86. The largest absolute Gasteiger partial charge is 0.348 e.